The molecule has 6 heteroatoms. The Kier molecular flexibility index (Phi) is 4.86. The normalized spacial score (nSPS) is 17.1. The lowest BCUT2D eigenvalue weighted by Gasteiger charge is -2.33. The highest BCUT2D eigenvalue weighted by Crippen LogP contribution is 2.37. The van der Waals surface area contributed by atoms with Gasteiger partial charge in [0.1, 0.15) is 11.6 Å². The van der Waals surface area contributed by atoms with Crippen LogP contribution in [0.5, 0.6) is 5.75 Å². The summed E-state index contributed by atoms with van der Waals surface area (Å²) in [5.74, 6) is -0.0704. The van der Waals surface area contributed by atoms with E-state index in [0.717, 1.165) is 11.1 Å². The number of carbonyl (C=O) groups excluding carboxylic acids is 1. The van der Waals surface area contributed by atoms with Crippen LogP contribution < -0.4 is 10.3 Å². The molecule has 150 valence electrons. The molecule has 1 atom stereocenters. The monoisotopic (exact) mass is 394 g/mol. The van der Waals surface area contributed by atoms with Gasteiger partial charge in [-0.1, -0.05) is 23.8 Å². The molecular weight excluding hydrogens is 371 g/mol. The van der Waals surface area contributed by atoms with Crippen LogP contribution in [0.2, 0.25) is 0 Å². The van der Waals surface area contributed by atoms with Crippen molar-refractivity contribution in [1.82, 2.24) is 9.47 Å². The Morgan fingerprint density at radius 1 is 1.45 bits per heavy atom. The van der Waals surface area contributed by atoms with Crippen molar-refractivity contribution in [1.29, 1.82) is 0 Å². The second kappa shape index (κ2) is 7.35. The Hall–Kier alpha value is -3.15. The van der Waals surface area contributed by atoms with Gasteiger partial charge in [0.25, 0.3) is 11.5 Å². The second-order valence-corrected chi connectivity index (χ2v) is 7.60. The Bertz CT molecular complexity index is 1100. The third-order valence-corrected chi connectivity index (χ3v) is 5.59. The number of rotatable bonds is 4. The molecule has 5 nitrogen and oxygen atoms in total. The Labute approximate surface area is 168 Å². The lowest BCUT2D eigenvalue weighted by molar-refractivity contribution is 0.0685. The average molecular weight is 394 g/mol. The molecule has 1 aromatic carbocycles. The Morgan fingerprint density at radius 3 is 3.00 bits per heavy atom. The fourth-order valence-corrected chi connectivity index (χ4v) is 4.17. The predicted octanol–water partition coefficient (Wildman–Crippen LogP) is 3.73. The van der Waals surface area contributed by atoms with Crippen LogP contribution in [0.25, 0.3) is 6.08 Å². The molecule has 1 amide bonds. The minimum atomic E-state index is -0.367. The number of carbonyl (C=O) groups is 1. The van der Waals surface area contributed by atoms with Crippen LogP contribution in [0.15, 0.2) is 47.4 Å². The molecule has 0 saturated carbocycles. The van der Waals surface area contributed by atoms with Crippen LogP contribution in [-0.4, -0.2) is 29.0 Å². The molecule has 0 spiro atoms. The molecule has 2 aliphatic rings. The van der Waals surface area contributed by atoms with Crippen molar-refractivity contribution in [2.45, 2.75) is 32.4 Å². The van der Waals surface area contributed by atoms with Crippen LogP contribution in [0, 0.1) is 5.82 Å². The SMILES string of the molecule is C=CCn1cc(C(=O)N(C)C2CCOc3cc(F)ccc32)c2c(c1=O)CC(C)=C2. The Balaban J connectivity index is 1.76. The highest BCUT2D eigenvalue weighted by atomic mass is 19.1. The van der Waals surface area contributed by atoms with E-state index in [1.54, 1.807) is 30.3 Å². The fraction of sp³-hybridized carbons (Fsp3) is 0.304. The molecule has 0 fully saturated rings. The maximum atomic E-state index is 13.6. The maximum Gasteiger partial charge on any atom is 0.256 e. The number of hydrogen-bond acceptors (Lipinski definition) is 3. The quantitative estimate of drug-likeness (QED) is 0.743. The number of hydrogen-bond donors (Lipinski definition) is 0. The van der Waals surface area contributed by atoms with Crippen molar-refractivity contribution in [3.63, 3.8) is 0 Å². The van der Waals surface area contributed by atoms with Gasteiger partial charge in [0.05, 0.1) is 18.2 Å². The van der Waals surface area contributed by atoms with Gasteiger partial charge >= 0.3 is 0 Å². The number of aromatic nitrogens is 1. The summed E-state index contributed by atoms with van der Waals surface area (Å²) in [5.41, 5.74) is 3.61. The number of ether oxygens (including phenoxy) is 1. The molecule has 1 aliphatic carbocycles. The van der Waals surface area contributed by atoms with Gasteiger partial charge in [0.15, 0.2) is 0 Å². The third-order valence-electron chi connectivity index (χ3n) is 5.59. The number of amides is 1. The summed E-state index contributed by atoms with van der Waals surface area (Å²) < 4.78 is 20.7. The van der Waals surface area contributed by atoms with Crippen molar-refractivity contribution in [3.05, 3.63) is 81.0 Å². The van der Waals surface area contributed by atoms with Crippen molar-refractivity contribution < 1.29 is 13.9 Å². The summed E-state index contributed by atoms with van der Waals surface area (Å²) in [6.45, 7) is 6.42. The first-order chi connectivity index (χ1) is 13.9. The molecule has 1 aliphatic heterocycles. The van der Waals surface area contributed by atoms with E-state index in [4.69, 9.17) is 4.74 Å². The summed E-state index contributed by atoms with van der Waals surface area (Å²) in [7, 11) is 1.74. The van der Waals surface area contributed by atoms with E-state index in [1.165, 1.54) is 16.7 Å². The summed E-state index contributed by atoms with van der Waals surface area (Å²) >= 11 is 0. The standard InChI is InChI=1S/C23H23FN2O3/c1-4-8-26-13-19(17-10-14(2)11-18(17)23(26)28)22(27)25(3)20-7-9-29-21-12-15(24)5-6-16(20)21/h4-6,10,12-13,20H,1,7-9,11H2,2-3H3. The Morgan fingerprint density at radius 2 is 2.24 bits per heavy atom. The van der Waals surface area contributed by atoms with Gasteiger partial charge in [-0.15, -0.1) is 6.58 Å². The van der Waals surface area contributed by atoms with Gasteiger partial charge in [-0.2, -0.15) is 0 Å². The first-order valence-electron chi connectivity index (χ1n) is 9.64. The highest BCUT2D eigenvalue weighted by Gasteiger charge is 2.31. The van der Waals surface area contributed by atoms with Gasteiger partial charge in [0.2, 0.25) is 0 Å². The topological polar surface area (TPSA) is 51.5 Å². The van der Waals surface area contributed by atoms with E-state index < -0.39 is 0 Å². The minimum Gasteiger partial charge on any atom is -0.493 e. The zero-order chi connectivity index (χ0) is 20.7. The van der Waals surface area contributed by atoms with Gasteiger partial charge in [0, 0.05) is 43.4 Å². The van der Waals surface area contributed by atoms with Crippen LogP contribution in [0.4, 0.5) is 4.39 Å². The van der Waals surface area contributed by atoms with Crippen LogP contribution in [-0.2, 0) is 13.0 Å². The summed E-state index contributed by atoms with van der Waals surface area (Å²) in [4.78, 5) is 27.9. The summed E-state index contributed by atoms with van der Waals surface area (Å²) in [6.07, 6.45) is 6.36. The third kappa shape index (κ3) is 3.28. The molecule has 2 aromatic rings. The smallest absolute Gasteiger partial charge is 0.256 e. The first-order valence-corrected chi connectivity index (χ1v) is 9.64. The molecule has 1 aromatic heterocycles. The second-order valence-electron chi connectivity index (χ2n) is 7.60. The summed E-state index contributed by atoms with van der Waals surface area (Å²) in [6, 6.07) is 4.18. The zero-order valence-electron chi connectivity index (χ0n) is 16.6. The van der Waals surface area contributed by atoms with Gasteiger partial charge in [-0.3, -0.25) is 9.59 Å². The van der Waals surface area contributed by atoms with Crippen molar-refractivity contribution >= 4 is 12.0 Å². The molecule has 0 bridgehead atoms. The first kappa shape index (κ1) is 19.2. The number of fused-ring (bicyclic) bond motifs is 2. The van der Waals surface area contributed by atoms with Crippen LogP contribution in [0.1, 0.15) is 46.4 Å². The average Bonchev–Trinajstić information content (AvgIpc) is 3.10. The number of halogens is 1. The molecule has 1 unspecified atom stereocenters. The van der Waals surface area contributed by atoms with Crippen molar-refractivity contribution in [3.8, 4) is 5.75 Å². The molecule has 2 heterocycles. The lowest BCUT2D eigenvalue weighted by atomic mass is 9.97. The molecular formula is C23H23FN2O3. The number of allylic oxidation sites excluding steroid dienone is 2. The lowest BCUT2D eigenvalue weighted by Crippen LogP contribution is -2.36. The minimum absolute atomic E-state index is 0.0842. The zero-order valence-corrected chi connectivity index (χ0v) is 16.6. The van der Waals surface area contributed by atoms with Gasteiger partial charge in [-0.25, -0.2) is 4.39 Å². The largest absolute Gasteiger partial charge is 0.493 e. The van der Waals surface area contributed by atoms with Crippen LogP contribution in [0.3, 0.4) is 0 Å². The van der Waals surface area contributed by atoms with E-state index in [-0.39, 0.29) is 23.3 Å². The molecule has 0 radical (unpaired) electrons. The highest BCUT2D eigenvalue weighted by molar-refractivity contribution is 5.99. The predicted molar refractivity (Wildman–Crippen MR) is 110 cm³/mol. The van der Waals surface area contributed by atoms with Gasteiger partial charge < -0.3 is 14.2 Å². The van der Waals surface area contributed by atoms with E-state index >= 15 is 0 Å². The number of benzene rings is 1. The number of pyridine rings is 1. The van der Waals surface area contributed by atoms with Crippen molar-refractivity contribution in [2.75, 3.05) is 13.7 Å². The van der Waals surface area contributed by atoms with Gasteiger partial charge in [-0.05, 0) is 25.0 Å². The van der Waals surface area contributed by atoms with E-state index in [1.807, 2.05) is 13.0 Å². The van der Waals surface area contributed by atoms with E-state index in [0.29, 0.717) is 48.4 Å². The molecule has 29 heavy (non-hydrogen) atoms. The maximum absolute atomic E-state index is 13.6. The summed E-state index contributed by atoms with van der Waals surface area (Å²) in [5, 5.41) is 0. The molecule has 4 rings (SSSR count). The molecule has 0 N–H and O–H groups in total. The molecule has 0 saturated heterocycles. The fourth-order valence-electron chi connectivity index (χ4n) is 4.17. The van der Waals surface area contributed by atoms with E-state index in [2.05, 4.69) is 6.58 Å². The van der Waals surface area contributed by atoms with E-state index in [9.17, 15) is 14.0 Å². The number of nitrogens with zero attached hydrogens (tertiary/aromatic N) is 2. The van der Waals surface area contributed by atoms with Crippen molar-refractivity contribution in [2.24, 2.45) is 0 Å². The van der Waals surface area contributed by atoms with Crippen LogP contribution >= 0.6 is 0 Å².